The predicted molar refractivity (Wildman–Crippen MR) is 103 cm³/mol. The molecule has 4 aliphatic rings. The van der Waals surface area contributed by atoms with E-state index in [4.69, 9.17) is 5.11 Å². The molecule has 0 aromatic carbocycles. The van der Waals surface area contributed by atoms with Crippen molar-refractivity contribution in [1.82, 2.24) is 4.90 Å². The van der Waals surface area contributed by atoms with E-state index in [2.05, 4.69) is 11.8 Å². The Kier molecular flexibility index (Phi) is 5.38. The van der Waals surface area contributed by atoms with E-state index in [1.807, 2.05) is 6.08 Å². The molecule has 27 heavy (non-hydrogen) atoms. The molecule has 2 saturated heterocycles. The van der Waals surface area contributed by atoms with Gasteiger partial charge in [-0.25, -0.2) is 0 Å². The molecule has 0 aromatic rings. The van der Waals surface area contributed by atoms with Crippen LogP contribution in [0.1, 0.15) is 64.7 Å². The molecule has 2 aliphatic heterocycles. The number of hydrogen-bond donors (Lipinski definition) is 3. The van der Waals surface area contributed by atoms with Crippen molar-refractivity contribution in [2.45, 2.75) is 88.4 Å². The van der Waals surface area contributed by atoms with Crippen LogP contribution in [0.15, 0.2) is 12.2 Å². The molecule has 2 saturated carbocycles. The molecule has 4 unspecified atom stereocenters. The van der Waals surface area contributed by atoms with E-state index in [1.54, 1.807) is 6.08 Å². The third-order valence-electron chi connectivity index (χ3n) is 8.39. The van der Waals surface area contributed by atoms with Crippen molar-refractivity contribution in [2.24, 2.45) is 23.7 Å². The van der Waals surface area contributed by atoms with Crippen molar-refractivity contribution in [2.75, 3.05) is 6.61 Å². The molecule has 0 radical (unpaired) electrons. The molecule has 4 rings (SSSR count). The molecular formula is C22H35NO4. The summed E-state index contributed by atoms with van der Waals surface area (Å²) in [5.41, 5.74) is -0.735. The van der Waals surface area contributed by atoms with Crippen LogP contribution in [0.2, 0.25) is 0 Å². The lowest BCUT2D eigenvalue weighted by molar-refractivity contribution is -0.164. The quantitative estimate of drug-likeness (QED) is 0.642. The van der Waals surface area contributed by atoms with E-state index in [0.717, 1.165) is 51.4 Å². The molecule has 2 heterocycles. The molecule has 0 amide bonds. The first kappa shape index (κ1) is 19.4. The Balaban J connectivity index is 1.66. The van der Waals surface area contributed by atoms with Crippen molar-refractivity contribution in [3.8, 4) is 0 Å². The van der Waals surface area contributed by atoms with Gasteiger partial charge in [0.05, 0.1) is 12.7 Å². The summed E-state index contributed by atoms with van der Waals surface area (Å²) in [5.74, 6) is 0.641. The Labute approximate surface area is 162 Å². The lowest BCUT2D eigenvalue weighted by atomic mass is 9.72. The zero-order valence-electron chi connectivity index (χ0n) is 16.5. The summed E-state index contributed by atoms with van der Waals surface area (Å²) >= 11 is 0. The number of carboxylic acids is 1. The van der Waals surface area contributed by atoms with Crippen LogP contribution in [-0.4, -0.2) is 56.5 Å². The van der Waals surface area contributed by atoms with Crippen molar-refractivity contribution < 1.29 is 20.1 Å². The fourth-order valence-corrected chi connectivity index (χ4v) is 7.24. The first-order chi connectivity index (χ1) is 13.0. The second-order valence-corrected chi connectivity index (χ2v) is 9.43. The van der Waals surface area contributed by atoms with E-state index in [-0.39, 0.29) is 24.5 Å². The summed E-state index contributed by atoms with van der Waals surface area (Å²) < 4.78 is 0. The van der Waals surface area contributed by atoms with Gasteiger partial charge in [-0.05, 0) is 62.7 Å². The van der Waals surface area contributed by atoms with Crippen molar-refractivity contribution in [3.05, 3.63) is 12.2 Å². The minimum atomic E-state index is -0.735. The third-order valence-corrected chi connectivity index (χ3v) is 8.39. The van der Waals surface area contributed by atoms with E-state index in [1.165, 1.54) is 0 Å². The largest absolute Gasteiger partial charge is 0.480 e. The van der Waals surface area contributed by atoms with Crippen molar-refractivity contribution in [1.29, 1.82) is 0 Å². The zero-order valence-corrected chi connectivity index (χ0v) is 16.5. The normalized spacial score (nSPS) is 47.4. The van der Waals surface area contributed by atoms with Gasteiger partial charge in [-0.3, -0.25) is 9.69 Å². The first-order valence-electron chi connectivity index (χ1n) is 11.0. The molecule has 0 spiro atoms. The molecule has 152 valence electrons. The molecule has 0 aromatic heterocycles. The van der Waals surface area contributed by atoms with Crippen LogP contribution in [0.25, 0.3) is 0 Å². The Morgan fingerprint density at radius 2 is 2.04 bits per heavy atom. The van der Waals surface area contributed by atoms with E-state index in [9.17, 15) is 15.0 Å². The molecule has 3 N–H and O–H groups in total. The van der Waals surface area contributed by atoms with Crippen LogP contribution in [-0.2, 0) is 4.79 Å². The fourth-order valence-electron chi connectivity index (χ4n) is 7.24. The lowest BCUT2D eigenvalue weighted by Crippen LogP contribution is -2.65. The highest BCUT2D eigenvalue weighted by Crippen LogP contribution is 2.56. The van der Waals surface area contributed by atoms with Gasteiger partial charge in [0.2, 0.25) is 0 Å². The summed E-state index contributed by atoms with van der Waals surface area (Å²) in [4.78, 5) is 15.2. The number of piperidine rings is 1. The van der Waals surface area contributed by atoms with Crippen LogP contribution in [0.5, 0.6) is 0 Å². The summed E-state index contributed by atoms with van der Waals surface area (Å²) in [6.45, 7) is 2.22. The maximum atomic E-state index is 12.8. The number of carboxylic acid groups (broad SMARTS) is 1. The van der Waals surface area contributed by atoms with Crippen LogP contribution in [0, 0.1) is 23.7 Å². The van der Waals surface area contributed by atoms with Crippen LogP contribution in [0.3, 0.4) is 0 Å². The number of aliphatic hydroxyl groups excluding tert-OH is 2. The van der Waals surface area contributed by atoms with E-state index in [0.29, 0.717) is 24.3 Å². The smallest absolute Gasteiger partial charge is 0.324 e. The molecule has 0 bridgehead atoms. The predicted octanol–water partition coefficient (Wildman–Crippen LogP) is 2.81. The Hall–Kier alpha value is -0.910. The SMILES string of the molecule is CCC1CCC(C2(C(=O)O)CCCC3C[C@@H]4[C@@H](C=CCO)[C@H](O)C[C@H]4N32)C1. The highest BCUT2D eigenvalue weighted by Gasteiger charge is 2.63. The fraction of sp³-hybridized carbons (Fsp3) is 0.864. The number of carbonyl (C=O) groups is 1. The van der Waals surface area contributed by atoms with Gasteiger partial charge >= 0.3 is 5.97 Å². The second kappa shape index (κ2) is 7.49. The van der Waals surface area contributed by atoms with E-state index < -0.39 is 17.6 Å². The lowest BCUT2D eigenvalue weighted by Gasteiger charge is -2.51. The minimum absolute atomic E-state index is 0.00665. The topological polar surface area (TPSA) is 81.0 Å². The highest BCUT2D eigenvalue weighted by atomic mass is 16.4. The standard InChI is InChI=1S/C22H35NO4/c1-2-14-7-8-15(11-14)22(21(26)27)9-3-5-16-12-18-17(6-4-10-24)20(25)13-19(18)23(16)22/h4,6,14-20,24-25H,2-3,5,7-13H2,1H3,(H,26,27)/t14?,15?,16?,17-,18-,19-,20-,22?/m1/s1. The number of rotatable bonds is 5. The molecule has 4 fully saturated rings. The van der Waals surface area contributed by atoms with Crippen LogP contribution < -0.4 is 0 Å². The van der Waals surface area contributed by atoms with Gasteiger partial charge in [0.25, 0.3) is 0 Å². The molecule has 5 nitrogen and oxygen atoms in total. The van der Waals surface area contributed by atoms with Gasteiger partial charge in [-0.15, -0.1) is 0 Å². The van der Waals surface area contributed by atoms with Crippen LogP contribution >= 0.6 is 0 Å². The summed E-state index contributed by atoms with van der Waals surface area (Å²) in [5, 5.41) is 30.3. The summed E-state index contributed by atoms with van der Waals surface area (Å²) in [6.07, 6.45) is 12.2. The van der Waals surface area contributed by atoms with Gasteiger partial charge in [-0.1, -0.05) is 31.9 Å². The first-order valence-corrected chi connectivity index (χ1v) is 11.0. The van der Waals surface area contributed by atoms with Gasteiger partial charge in [0, 0.05) is 18.0 Å². The Morgan fingerprint density at radius 1 is 1.22 bits per heavy atom. The molecule has 8 atom stereocenters. The van der Waals surface area contributed by atoms with Gasteiger partial charge < -0.3 is 15.3 Å². The third kappa shape index (κ3) is 2.97. The number of nitrogens with zero attached hydrogens (tertiary/aromatic N) is 1. The summed E-state index contributed by atoms with van der Waals surface area (Å²) in [7, 11) is 0. The minimum Gasteiger partial charge on any atom is -0.480 e. The van der Waals surface area contributed by atoms with Crippen LogP contribution in [0.4, 0.5) is 0 Å². The van der Waals surface area contributed by atoms with Gasteiger partial charge in [0.1, 0.15) is 5.54 Å². The van der Waals surface area contributed by atoms with E-state index >= 15 is 0 Å². The zero-order chi connectivity index (χ0) is 19.2. The van der Waals surface area contributed by atoms with Crippen molar-refractivity contribution in [3.63, 3.8) is 0 Å². The maximum Gasteiger partial charge on any atom is 0.324 e. The number of aliphatic hydroxyl groups is 2. The van der Waals surface area contributed by atoms with Gasteiger partial charge in [0.15, 0.2) is 0 Å². The molecular weight excluding hydrogens is 342 g/mol. The Bertz CT molecular complexity index is 593. The Morgan fingerprint density at radius 3 is 2.70 bits per heavy atom. The molecule has 2 aliphatic carbocycles. The molecule has 5 heteroatoms. The monoisotopic (exact) mass is 377 g/mol. The number of hydrogen-bond acceptors (Lipinski definition) is 4. The summed E-state index contributed by atoms with van der Waals surface area (Å²) in [6, 6.07) is 0.499. The second-order valence-electron chi connectivity index (χ2n) is 9.43. The van der Waals surface area contributed by atoms with Gasteiger partial charge in [-0.2, -0.15) is 0 Å². The average Bonchev–Trinajstić information content (AvgIpc) is 3.33. The maximum absolute atomic E-state index is 12.8. The number of fused-ring (bicyclic) bond motifs is 3. The average molecular weight is 378 g/mol. The highest BCUT2D eigenvalue weighted by molar-refractivity contribution is 5.80. The number of aliphatic carboxylic acids is 1. The van der Waals surface area contributed by atoms with Crippen molar-refractivity contribution >= 4 is 5.97 Å².